The highest BCUT2D eigenvalue weighted by Crippen LogP contribution is 2.24. The molecule has 2 nitrogen and oxygen atoms in total. The fourth-order valence-electron chi connectivity index (χ4n) is 4.22. The van der Waals surface area contributed by atoms with E-state index in [1.165, 1.54) is 69.7 Å². The van der Waals surface area contributed by atoms with Crippen molar-refractivity contribution in [2.45, 2.75) is 32.2 Å². The maximum Gasteiger partial charge on any atom is 0.0233 e. The molecule has 2 aliphatic heterocycles. The summed E-state index contributed by atoms with van der Waals surface area (Å²) in [4.78, 5) is 5.41. The van der Waals surface area contributed by atoms with Crippen molar-refractivity contribution in [3.8, 4) is 0 Å². The van der Waals surface area contributed by atoms with Gasteiger partial charge in [-0.2, -0.15) is 11.8 Å². The minimum atomic E-state index is 0.879. The molecule has 2 heterocycles. The van der Waals surface area contributed by atoms with Crippen molar-refractivity contribution >= 4 is 11.8 Å². The standard InChI is InChI=1S/C20H32N2S/c1-23-17-19-9-12-21(13-10-19)15-20-8-5-11-22(16-20)14-18-6-3-2-4-7-18/h2-4,6-7,19-20H,5,8-17H2,1H3/t20-/m1/s1. The van der Waals surface area contributed by atoms with E-state index in [4.69, 9.17) is 0 Å². The van der Waals surface area contributed by atoms with E-state index >= 15 is 0 Å². The minimum Gasteiger partial charge on any atom is -0.303 e. The van der Waals surface area contributed by atoms with E-state index in [1.807, 2.05) is 11.8 Å². The van der Waals surface area contributed by atoms with Gasteiger partial charge in [-0.1, -0.05) is 30.3 Å². The van der Waals surface area contributed by atoms with Crippen molar-refractivity contribution < 1.29 is 0 Å². The van der Waals surface area contributed by atoms with Crippen molar-refractivity contribution in [2.75, 3.05) is 44.7 Å². The van der Waals surface area contributed by atoms with Gasteiger partial charge in [0.25, 0.3) is 0 Å². The summed E-state index contributed by atoms with van der Waals surface area (Å²) < 4.78 is 0. The first kappa shape index (κ1) is 17.3. The molecule has 0 aliphatic carbocycles. The van der Waals surface area contributed by atoms with Gasteiger partial charge in [0.2, 0.25) is 0 Å². The van der Waals surface area contributed by atoms with Gasteiger partial charge in [0.15, 0.2) is 0 Å². The predicted molar refractivity (Wildman–Crippen MR) is 102 cm³/mol. The molecule has 0 bridgehead atoms. The quantitative estimate of drug-likeness (QED) is 0.778. The van der Waals surface area contributed by atoms with Crippen molar-refractivity contribution in [2.24, 2.45) is 11.8 Å². The number of hydrogen-bond donors (Lipinski definition) is 0. The van der Waals surface area contributed by atoms with E-state index < -0.39 is 0 Å². The predicted octanol–water partition coefficient (Wildman–Crippen LogP) is 3.97. The molecule has 3 rings (SSSR count). The van der Waals surface area contributed by atoms with E-state index in [9.17, 15) is 0 Å². The molecule has 0 aromatic heterocycles. The molecule has 0 amide bonds. The zero-order chi connectivity index (χ0) is 15.9. The largest absolute Gasteiger partial charge is 0.303 e. The Kier molecular flexibility index (Phi) is 6.85. The molecule has 2 aliphatic rings. The van der Waals surface area contributed by atoms with Gasteiger partial charge < -0.3 is 4.90 Å². The van der Waals surface area contributed by atoms with Crippen LogP contribution in [0.4, 0.5) is 0 Å². The number of hydrogen-bond acceptors (Lipinski definition) is 3. The summed E-state index contributed by atoms with van der Waals surface area (Å²) >= 11 is 2.02. The van der Waals surface area contributed by atoms with E-state index in [1.54, 1.807) is 0 Å². The number of rotatable bonds is 6. The average Bonchev–Trinajstić information content (AvgIpc) is 2.58. The lowest BCUT2D eigenvalue weighted by atomic mass is 9.94. The van der Waals surface area contributed by atoms with Crippen LogP contribution in [0.15, 0.2) is 30.3 Å². The van der Waals surface area contributed by atoms with Crippen LogP contribution in [0.25, 0.3) is 0 Å². The SMILES string of the molecule is CSCC1CCN(C[C@H]2CCCN(Cc3ccccc3)C2)CC1. The van der Waals surface area contributed by atoms with Gasteiger partial charge in [0.05, 0.1) is 0 Å². The molecule has 1 aromatic carbocycles. The highest BCUT2D eigenvalue weighted by molar-refractivity contribution is 7.98. The van der Waals surface area contributed by atoms with Crippen LogP contribution in [0.5, 0.6) is 0 Å². The van der Waals surface area contributed by atoms with Crippen molar-refractivity contribution in [3.63, 3.8) is 0 Å². The first-order chi connectivity index (χ1) is 11.3. The van der Waals surface area contributed by atoms with Gasteiger partial charge in [-0.05, 0) is 74.7 Å². The minimum absolute atomic E-state index is 0.879. The Morgan fingerprint density at radius 1 is 0.957 bits per heavy atom. The Morgan fingerprint density at radius 2 is 1.74 bits per heavy atom. The zero-order valence-corrected chi connectivity index (χ0v) is 15.4. The average molecular weight is 333 g/mol. The summed E-state index contributed by atoms with van der Waals surface area (Å²) in [5.41, 5.74) is 1.46. The van der Waals surface area contributed by atoms with E-state index in [2.05, 4.69) is 46.4 Å². The maximum absolute atomic E-state index is 2.74. The van der Waals surface area contributed by atoms with Gasteiger partial charge in [0.1, 0.15) is 0 Å². The zero-order valence-electron chi connectivity index (χ0n) is 14.6. The molecular weight excluding hydrogens is 300 g/mol. The molecule has 0 unspecified atom stereocenters. The highest BCUT2D eigenvalue weighted by atomic mass is 32.2. The van der Waals surface area contributed by atoms with Crippen molar-refractivity contribution in [1.29, 1.82) is 0 Å². The molecule has 1 atom stereocenters. The first-order valence-electron chi connectivity index (χ1n) is 9.31. The van der Waals surface area contributed by atoms with Crippen LogP contribution in [0.3, 0.4) is 0 Å². The van der Waals surface area contributed by atoms with Crippen LogP contribution in [0, 0.1) is 11.8 Å². The third-order valence-electron chi connectivity index (χ3n) is 5.48. The Labute approximate surface area is 146 Å². The van der Waals surface area contributed by atoms with Gasteiger partial charge in [-0.3, -0.25) is 4.90 Å². The first-order valence-corrected chi connectivity index (χ1v) is 10.7. The molecule has 0 saturated carbocycles. The molecule has 128 valence electrons. The molecule has 2 fully saturated rings. The Morgan fingerprint density at radius 3 is 2.48 bits per heavy atom. The van der Waals surface area contributed by atoms with Gasteiger partial charge in [-0.15, -0.1) is 0 Å². The number of nitrogens with zero attached hydrogens (tertiary/aromatic N) is 2. The summed E-state index contributed by atoms with van der Waals surface area (Å²) in [5.74, 6) is 3.22. The van der Waals surface area contributed by atoms with Crippen LogP contribution < -0.4 is 0 Å². The lowest BCUT2D eigenvalue weighted by Gasteiger charge is -2.38. The van der Waals surface area contributed by atoms with E-state index in [0.717, 1.165) is 18.4 Å². The smallest absolute Gasteiger partial charge is 0.0233 e. The van der Waals surface area contributed by atoms with E-state index in [0.29, 0.717) is 0 Å². The summed E-state index contributed by atoms with van der Waals surface area (Å²) in [7, 11) is 0. The second kappa shape index (κ2) is 9.10. The van der Waals surface area contributed by atoms with Crippen LogP contribution >= 0.6 is 11.8 Å². The summed E-state index contributed by atoms with van der Waals surface area (Å²) in [6, 6.07) is 11.0. The monoisotopic (exact) mass is 332 g/mol. The van der Waals surface area contributed by atoms with Crippen molar-refractivity contribution in [3.05, 3.63) is 35.9 Å². The summed E-state index contributed by atoms with van der Waals surface area (Å²) in [6.45, 7) is 7.70. The molecular formula is C20H32N2S. The molecule has 0 spiro atoms. The fourth-order valence-corrected chi connectivity index (χ4v) is 5.03. The maximum atomic E-state index is 2.74. The number of piperidine rings is 2. The molecule has 23 heavy (non-hydrogen) atoms. The second-order valence-electron chi connectivity index (χ2n) is 7.43. The van der Waals surface area contributed by atoms with Crippen LogP contribution in [0.1, 0.15) is 31.2 Å². The Balaban J connectivity index is 1.42. The second-order valence-corrected chi connectivity index (χ2v) is 8.34. The number of benzene rings is 1. The Hall–Kier alpha value is -0.510. The van der Waals surface area contributed by atoms with Gasteiger partial charge >= 0.3 is 0 Å². The molecule has 1 aromatic rings. The third-order valence-corrected chi connectivity index (χ3v) is 6.28. The van der Waals surface area contributed by atoms with Gasteiger partial charge in [0, 0.05) is 19.6 Å². The van der Waals surface area contributed by atoms with Crippen LogP contribution in [-0.2, 0) is 6.54 Å². The Bertz CT molecular complexity index is 442. The number of thioether (sulfide) groups is 1. The fraction of sp³-hybridized carbons (Fsp3) is 0.700. The van der Waals surface area contributed by atoms with Crippen LogP contribution in [-0.4, -0.2) is 54.5 Å². The highest BCUT2D eigenvalue weighted by Gasteiger charge is 2.25. The summed E-state index contributed by atoms with van der Waals surface area (Å²) in [6.07, 6.45) is 7.88. The topological polar surface area (TPSA) is 6.48 Å². The number of likely N-dealkylation sites (tertiary alicyclic amines) is 2. The lowest BCUT2D eigenvalue weighted by Crippen LogP contribution is -2.43. The molecule has 0 N–H and O–H groups in total. The lowest BCUT2D eigenvalue weighted by molar-refractivity contribution is 0.109. The normalized spacial score (nSPS) is 24.8. The van der Waals surface area contributed by atoms with Crippen LogP contribution in [0.2, 0.25) is 0 Å². The molecule has 2 saturated heterocycles. The van der Waals surface area contributed by atoms with E-state index in [-0.39, 0.29) is 0 Å². The molecule has 3 heteroatoms. The van der Waals surface area contributed by atoms with Crippen molar-refractivity contribution in [1.82, 2.24) is 9.80 Å². The molecule has 0 radical (unpaired) electrons. The third kappa shape index (κ3) is 5.51. The van der Waals surface area contributed by atoms with Gasteiger partial charge in [-0.25, -0.2) is 0 Å². The summed E-state index contributed by atoms with van der Waals surface area (Å²) in [5, 5.41) is 0.